The summed E-state index contributed by atoms with van der Waals surface area (Å²) in [5, 5.41) is 3.02. The summed E-state index contributed by atoms with van der Waals surface area (Å²) in [6.07, 6.45) is 3.90. The van der Waals surface area contributed by atoms with E-state index in [0.717, 1.165) is 36.0 Å². The van der Waals surface area contributed by atoms with Crippen LogP contribution in [0.4, 0.5) is 5.69 Å². The number of methoxy groups -OCH3 is 1. The molecule has 1 unspecified atom stereocenters. The minimum atomic E-state index is -0.355. The summed E-state index contributed by atoms with van der Waals surface area (Å²) in [5.41, 5.74) is 1.36. The molecule has 1 N–H and O–H groups in total. The second-order valence-corrected chi connectivity index (χ2v) is 8.95. The molecule has 2 heterocycles. The molecule has 2 aromatic carbocycles. The Kier molecular flexibility index (Phi) is 7.35. The van der Waals surface area contributed by atoms with Crippen LogP contribution in [0, 0.1) is 0 Å². The minimum absolute atomic E-state index is 0.0678. The van der Waals surface area contributed by atoms with Gasteiger partial charge in [0.15, 0.2) is 11.5 Å². The third kappa shape index (κ3) is 5.23. The summed E-state index contributed by atoms with van der Waals surface area (Å²) in [4.78, 5) is 30.0. The quantitative estimate of drug-likeness (QED) is 0.569. The molecule has 2 aliphatic heterocycles. The number of hydrogen-bond donors (Lipinski definition) is 1. The van der Waals surface area contributed by atoms with Crippen LogP contribution in [0.15, 0.2) is 52.7 Å². The van der Waals surface area contributed by atoms with Gasteiger partial charge in [0.1, 0.15) is 12.3 Å². The number of anilines is 1. The highest BCUT2D eigenvalue weighted by molar-refractivity contribution is 9.10. The molecule has 1 fully saturated rings. The molecule has 0 bridgehead atoms. The van der Waals surface area contributed by atoms with Gasteiger partial charge in [0.2, 0.25) is 5.91 Å². The highest BCUT2D eigenvalue weighted by Gasteiger charge is 2.32. The van der Waals surface area contributed by atoms with Gasteiger partial charge in [-0.15, -0.1) is 0 Å². The van der Waals surface area contributed by atoms with Crippen molar-refractivity contribution >= 4 is 39.5 Å². The van der Waals surface area contributed by atoms with E-state index in [1.165, 1.54) is 4.90 Å². The fourth-order valence-electron chi connectivity index (χ4n) is 4.32. The molecular weight excluding hydrogens is 486 g/mol. The number of para-hydroxylation sites is 2. The van der Waals surface area contributed by atoms with Gasteiger partial charge < -0.3 is 14.8 Å². The lowest BCUT2D eigenvalue weighted by molar-refractivity contribution is -0.123. The van der Waals surface area contributed by atoms with Crippen molar-refractivity contribution in [1.29, 1.82) is 0 Å². The number of amides is 2. The standard InChI is InChI=1S/C25H28BrN3O4/c1-3-28-12-6-7-18(28)15-27-24(30)16-29-20-8-4-5-9-22(20)33-23(25(29)31)14-17-10-11-21(32-2)19(26)13-17/h4-5,8-11,13-14,18H,3,6-7,12,15-16H2,1-2H3,(H,27,30). The predicted molar refractivity (Wildman–Crippen MR) is 131 cm³/mol. The first-order valence-electron chi connectivity index (χ1n) is 11.1. The Hall–Kier alpha value is -2.84. The smallest absolute Gasteiger partial charge is 0.294 e. The largest absolute Gasteiger partial charge is 0.496 e. The Balaban J connectivity index is 1.52. The Morgan fingerprint density at radius 2 is 2.12 bits per heavy atom. The number of nitrogens with one attached hydrogen (secondary N) is 1. The molecule has 2 amide bonds. The molecule has 0 aromatic heterocycles. The molecule has 2 aromatic rings. The number of hydrogen-bond acceptors (Lipinski definition) is 5. The second-order valence-electron chi connectivity index (χ2n) is 8.09. The highest BCUT2D eigenvalue weighted by atomic mass is 79.9. The summed E-state index contributed by atoms with van der Waals surface area (Å²) in [6.45, 7) is 4.71. The van der Waals surface area contributed by atoms with Gasteiger partial charge in [0.05, 0.1) is 17.3 Å². The topological polar surface area (TPSA) is 71.1 Å². The molecule has 174 valence electrons. The minimum Gasteiger partial charge on any atom is -0.496 e. The summed E-state index contributed by atoms with van der Waals surface area (Å²) in [6, 6.07) is 13.1. The monoisotopic (exact) mass is 513 g/mol. The number of carbonyl (C=O) groups is 2. The van der Waals surface area contributed by atoms with Gasteiger partial charge in [-0.1, -0.05) is 25.1 Å². The Morgan fingerprint density at radius 3 is 2.88 bits per heavy atom. The lowest BCUT2D eigenvalue weighted by Crippen LogP contribution is -2.47. The van der Waals surface area contributed by atoms with Gasteiger partial charge in [0, 0.05) is 12.6 Å². The maximum absolute atomic E-state index is 13.3. The Labute approximate surface area is 202 Å². The molecule has 8 heteroatoms. The van der Waals surface area contributed by atoms with E-state index >= 15 is 0 Å². The van der Waals surface area contributed by atoms with E-state index < -0.39 is 0 Å². The lowest BCUT2D eigenvalue weighted by Gasteiger charge is -2.30. The van der Waals surface area contributed by atoms with Crippen molar-refractivity contribution in [2.24, 2.45) is 0 Å². The van der Waals surface area contributed by atoms with E-state index in [4.69, 9.17) is 9.47 Å². The third-order valence-corrected chi connectivity index (χ3v) is 6.67. The second kappa shape index (κ2) is 10.4. The molecule has 4 rings (SSSR count). The van der Waals surface area contributed by atoms with Crippen LogP contribution >= 0.6 is 15.9 Å². The van der Waals surface area contributed by atoms with E-state index in [1.54, 1.807) is 25.3 Å². The summed E-state index contributed by atoms with van der Waals surface area (Å²) in [5.74, 6) is 0.852. The molecule has 2 aliphatic rings. The van der Waals surface area contributed by atoms with Crippen molar-refractivity contribution in [2.45, 2.75) is 25.8 Å². The van der Waals surface area contributed by atoms with Crippen LogP contribution in [0.2, 0.25) is 0 Å². The zero-order valence-electron chi connectivity index (χ0n) is 18.8. The Morgan fingerprint density at radius 1 is 1.30 bits per heavy atom. The van der Waals surface area contributed by atoms with Crippen LogP contribution in [0.1, 0.15) is 25.3 Å². The maximum atomic E-state index is 13.3. The zero-order chi connectivity index (χ0) is 23.4. The average Bonchev–Trinajstić information content (AvgIpc) is 3.28. The number of fused-ring (bicyclic) bond motifs is 1. The van der Waals surface area contributed by atoms with Crippen LogP contribution in [0.3, 0.4) is 0 Å². The zero-order valence-corrected chi connectivity index (χ0v) is 20.4. The number of rotatable bonds is 7. The van der Waals surface area contributed by atoms with Crippen molar-refractivity contribution in [3.8, 4) is 11.5 Å². The van der Waals surface area contributed by atoms with Crippen LogP contribution in [-0.2, 0) is 9.59 Å². The van der Waals surface area contributed by atoms with Crippen molar-refractivity contribution in [2.75, 3.05) is 38.2 Å². The van der Waals surface area contributed by atoms with Gasteiger partial charge in [-0.2, -0.15) is 0 Å². The normalized spacial score (nSPS) is 19.4. The fourth-order valence-corrected chi connectivity index (χ4v) is 4.88. The van der Waals surface area contributed by atoms with Gasteiger partial charge >= 0.3 is 0 Å². The predicted octanol–water partition coefficient (Wildman–Crippen LogP) is 3.82. The van der Waals surface area contributed by atoms with Gasteiger partial charge in [-0.3, -0.25) is 19.4 Å². The van der Waals surface area contributed by atoms with E-state index in [1.807, 2.05) is 30.3 Å². The molecular formula is C25H28BrN3O4. The average molecular weight is 514 g/mol. The van der Waals surface area contributed by atoms with Crippen LogP contribution in [0.5, 0.6) is 11.5 Å². The van der Waals surface area contributed by atoms with Crippen molar-refractivity contribution in [3.63, 3.8) is 0 Å². The Bertz CT molecular complexity index is 1070. The fraction of sp³-hybridized carbons (Fsp3) is 0.360. The van der Waals surface area contributed by atoms with Crippen molar-refractivity contribution < 1.29 is 19.1 Å². The van der Waals surface area contributed by atoms with E-state index in [0.29, 0.717) is 29.8 Å². The lowest BCUT2D eigenvalue weighted by atomic mass is 10.1. The van der Waals surface area contributed by atoms with E-state index in [-0.39, 0.29) is 24.1 Å². The molecule has 1 atom stereocenters. The number of ether oxygens (including phenoxy) is 2. The van der Waals surface area contributed by atoms with Gasteiger partial charge in [0.25, 0.3) is 5.91 Å². The van der Waals surface area contributed by atoms with Crippen molar-refractivity contribution in [1.82, 2.24) is 10.2 Å². The summed E-state index contributed by atoms with van der Waals surface area (Å²) < 4.78 is 12.0. The first-order chi connectivity index (χ1) is 16.0. The summed E-state index contributed by atoms with van der Waals surface area (Å²) in [7, 11) is 1.60. The first-order valence-corrected chi connectivity index (χ1v) is 11.9. The number of halogens is 1. The van der Waals surface area contributed by atoms with Crippen molar-refractivity contribution in [3.05, 3.63) is 58.3 Å². The third-order valence-electron chi connectivity index (χ3n) is 6.05. The number of likely N-dealkylation sites (N-methyl/N-ethyl adjacent to an activating group) is 1. The maximum Gasteiger partial charge on any atom is 0.294 e. The van der Waals surface area contributed by atoms with Gasteiger partial charge in [-0.25, -0.2) is 0 Å². The summed E-state index contributed by atoms with van der Waals surface area (Å²) >= 11 is 3.47. The van der Waals surface area contributed by atoms with Crippen LogP contribution in [0.25, 0.3) is 6.08 Å². The van der Waals surface area contributed by atoms with Gasteiger partial charge in [-0.05, 0) is 77.8 Å². The number of benzene rings is 2. The molecule has 0 saturated carbocycles. The number of carbonyl (C=O) groups excluding carboxylic acids is 2. The molecule has 0 radical (unpaired) electrons. The molecule has 33 heavy (non-hydrogen) atoms. The van der Waals surface area contributed by atoms with E-state index in [2.05, 4.69) is 33.1 Å². The van der Waals surface area contributed by atoms with Crippen LogP contribution in [-0.4, -0.2) is 56.0 Å². The molecule has 1 saturated heterocycles. The number of nitrogens with zero attached hydrogens (tertiary/aromatic N) is 2. The molecule has 7 nitrogen and oxygen atoms in total. The first kappa shape index (κ1) is 23.3. The SMILES string of the molecule is CCN1CCCC1CNC(=O)CN1C(=O)C(=Cc2ccc(OC)c(Br)c2)Oc2ccccc21. The molecule has 0 aliphatic carbocycles. The molecule has 0 spiro atoms. The number of likely N-dealkylation sites (tertiary alicyclic amines) is 1. The van der Waals surface area contributed by atoms with E-state index in [9.17, 15) is 9.59 Å². The van der Waals surface area contributed by atoms with Crippen LogP contribution < -0.4 is 19.7 Å². The highest BCUT2D eigenvalue weighted by Crippen LogP contribution is 2.36.